The molecular weight excluding hydrogens is 330 g/mol. The molecule has 1 fully saturated rings. The van der Waals surface area contributed by atoms with Crippen molar-refractivity contribution in [2.45, 2.75) is 39.0 Å². The number of hydrogen-bond acceptors (Lipinski definition) is 3. The second-order valence-electron chi connectivity index (χ2n) is 6.33. The van der Waals surface area contributed by atoms with Crippen molar-refractivity contribution in [2.24, 2.45) is 5.92 Å². The van der Waals surface area contributed by atoms with Crippen LogP contribution in [0.2, 0.25) is 0 Å². The van der Waals surface area contributed by atoms with E-state index in [2.05, 4.69) is 41.2 Å². The van der Waals surface area contributed by atoms with Gasteiger partial charge in [-0.15, -0.1) is 0 Å². The molecule has 1 N–H and O–H groups in total. The van der Waals surface area contributed by atoms with E-state index in [0.29, 0.717) is 19.1 Å². The minimum absolute atomic E-state index is 0.440. The molecule has 1 saturated heterocycles. The predicted molar refractivity (Wildman–Crippen MR) is 88.5 cm³/mol. The third-order valence-corrected chi connectivity index (χ3v) is 5.16. The summed E-state index contributed by atoms with van der Waals surface area (Å²) in [5, 5.41) is 3.45. The van der Waals surface area contributed by atoms with Crippen molar-refractivity contribution in [3.63, 3.8) is 0 Å². The van der Waals surface area contributed by atoms with Crippen LogP contribution in [-0.2, 0) is 6.42 Å². The van der Waals surface area contributed by atoms with Crippen molar-refractivity contribution in [1.82, 2.24) is 5.32 Å². The molecule has 1 aromatic rings. The van der Waals surface area contributed by atoms with Gasteiger partial charge in [0.15, 0.2) is 11.5 Å². The van der Waals surface area contributed by atoms with Gasteiger partial charge in [-0.2, -0.15) is 0 Å². The van der Waals surface area contributed by atoms with E-state index < -0.39 is 0 Å². The molecule has 0 amide bonds. The van der Waals surface area contributed by atoms with E-state index in [1.807, 2.05) is 0 Å². The molecule has 3 rings (SSSR count). The summed E-state index contributed by atoms with van der Waals surface area (Å²) < 4.78 is 12.9. The van der Waals surface area contributed by atoms with Crippen molar-refractivity contribution in [3.05, 3.63) is 21.7 Å². The van der Waals surface area contributed by atoms with E-state index in [-0.39, 0.29) is 0 Å². The molecule has 21 heavy (non-hydrogen) atoms. The number of hydrogen-bond donors (Lipinski definition) is 1. The fraction of sp³-hybridized carbons (Fsp3) is 0.647. The summed E-state index contributed by atoms with van der Waals surface area (Å²) in [7, 11) is 0. The lowest BCUT2D eigenvalue weighted by Crippen LogP contribution is -2.29. The van der Waals surface area contributed by atoms with Crippen molar-refractivity contribution < 1.29 is 9.47 Å². The van der Waals surface area contributed by atoms with Crippen molar-refractivity contribution in [2.75, 3.05) is 26.3 Å². The van der Waals surface area contributed by atoms with Crippen LogP contribution >= 0.6 is 15.9 Å². The summed E-state index contributed by atoms with van der Waals surface area (Å²) in [4.78, 5) is 0. The summed E-state index contributed by atoms with van der Waals surface area (Å²) >= 11 is 3.77. The Morgan fingerprint density at radius 3 is 2.67 bits per heavy atom. The van der Waals surface area contributed by atoms with Crippen molar-refractivity contribution in [1.29, 1.82) is 0 Å². The van der Waals surface area contributed by atoms with Gasteiger partial charge in [-0.1, -0.05) is 29.8 Å². The lowest BCUT2D eigenvalue weighted by Gasteiger charge is -2.29. The van der Waals surface area contributed by atoms with Crippen LogP contribution in [0, 0.1) is 5.92 Å². The largest absolute Gasteiger partial charge is 0.486 e. The van der Waals surface area contributed by atoms with Crippen LogP contribution in [0.15, 0.2) is 10.5 Å². The standard InChI is InChI=1S/C17H24BrNO2/c1-11(2)16-13(9-12-3-5-19-6-4-12)14(18)10-15-17(16)21-8-7-20-15/h10-12,19H,3-9H2,1-2H3. The first-order valence-corrected chi connectivity index (χ1v) is 8.77. The van der Waals surface area contributed by atoms with Gasteiger partial charge in [-0.05, 0) is 55.8 Å². The molecule has 0 bridgehead atoms. The van der Waals surface area contributed by atoms with Crippen LogP contribution in [0.5, 0.6) is 11.5 Å². The molecule has 3 nitrogen and oxygen atoms in total. The van der Waals surface area contributed by atoms with Crippen LogP contribution in [0.1, 0.15) is 43.7 Å². The molecule has 0 aliphatic carbocycles. The fourth-order valence-corrected chi connectivity index (χ4v) is 3.99. The molecule has 2 aliphatic heterocycles. The Hall–Kier alpha value is -0.740. The Bertz CT molecular complexity index is 510. The third-order valence-electron chi connectivity index (χ3n) is 4.46. The zero-order valence-corrected chi connectivity index (χ0v) is 14.5. The molecule has 0 unspecified atom stereocenters. The lowest BCUT2D eigenvalue weighted by molar-refractivity contribution is 0.169. The Kier molecular flexibility index (Phi) is 4.75. The third kappa shape index (κ3) is 3.21. The molecule has 0 atom stereocenters. The molecule has 0 radical (unpaired) electrons. The molecule has 0 saturated carbocycles. The second-order valence-corrected chi connectivity index (χ2v) is 7.18. The lowest BCUT2D eigenvalue weighted by atomic mass is 9.85. The Labute approximate surface area is 135 Å². The number of piperidine rings is 1. The molecule has 116 valence electrons. The van der Waals surface area contributed by atoms with Gasteiger partial charge in [0.05, 0.1) is 0 Å². The Balaban J connectivity index is 1.97. The summed E-state index contributed by atoms with van der Waals surface area (Å²) in [6, 6.07) is 2.09. The predicted octanol–water partition coefficient (Wildman–Crippen LogP) is 3.89. The number of benzene rings is 1. The van der Waals surface area contributed by atoms with Gasteiger partial charge >= 0.3 is 0 Å². The SMILES string of the molecule is CC(C)c1c(CC2CCNCC2)c(Br)cc2c1OCCO2. The molecule has 4 heteroatoms. The van der Waals surface area contributed by atoms with Crippen LogP contribution in [-0.4, -0.2) is 26.3 Å². The highest BCUT2D eigenvalue weighted by atomic mass is 79.9. The minimum Gasteiger partial charge on any atom is -0.486 e. The summed E-state index contributed by atoms with van der Waals surface area (Å²) in [6.07, 6.45) is 3.66. The zero-order chi connectivity index (χ0) is 14.8. The highest BCUT2D eigenvalue weighted by Gasteiger charge is 2.26. The van der Waals surface area contributed by atoms with E-state index in [1.54, 1.807) is 0 Å². The van der Waals surface area contributed by atoms with E-state index in [1.165, 1.54) is 28.4 Å². The maximum absolute atomic E-state index is 5.94. The highest BCUT2D eigenvalue weighted by Crippen LogP contribution is 2.44. The zero-order valence-electron chi connectivity index (χ0n) is 12.9. The van der Waals surface area contributed by atoms with Crippen LogP contribution in [0.3, 0.4) is 0 Å². The maximum atomic E-state index is 5.94. The summed E-state index contributed by atoms with van der Waals surface area (Å²) in [5.41, 5.74) is 2.75. The number of ether oxygens (including phenoxy) is 2. The van der Waals surface area contributed by atoms with Gasteiger partial charge in [0, 0.05) is 10.0 Å². The molecule has 0 spiro atoms. The van der Waals surface area contributed by atoms with E-state index in [4.69, 9.17) is 9.47 Å². The Morgan fingerprint density at radius 1 is 1.24 bits per heavy atom. The first kappa shape index (κ1) is 15.2. The van der Waals surface area contributed by atoms with Gasteiger partial charge in [0.2, 0.25) is 0 Å². The van der Waals surface area contributed by atoms with Gasteiger partial charge in [0.25, 0.3) is 0 Å². The first-order valence-electron chi connectivity index (χ1n) is 7.98. The second kappa shape index (κ2) is 6.57. The number of halogens is 1. The molecule has 0 aromatic heterocycles. The van der Waals surface area contributed by atoms with Crippen LogP contribution in [0.4, 0.5) is 0 Å². The van der Waals surface area contributed by atoms with E-state index in [0.717, 1.165) is 36.9 Å². The maximum Gasteiger partial charge on any atom is 0.165 e. The molecular formula is C17H24BrNO2. The van der Waals surface area contributed by atoms with Crippen molar-refractivity contribution in [3.8, 4) is 11.5 Å². The van der Waals surface area contributed by atoms with Gasteiger partial charge in [0.1, 0.15) is 13.2 Å². The topological polar surface area (TPSA) is 30.5 Å². The highest BCUT2D eigenvalue weighted by molar-refractivity contribution is 9.10. The van der Waals surface area contributed by atoms with Gasteiger partial charge in [-0.3, -0.25) is 0 Å². The molecule has 2 heterocycles. The monoisotopic (exact) mass is 353 g/mol. The van der Waals surface area contributed by atoms with Crippen LogP contribution < -0.4 is 14.8 Å². The van der Waals surface area contributed by atoms with Crippen LogP contribution in [0.25, 0.3) is 0 Å². The number of fused-ring (bicyclic) bond motifs is 1. The Morgan fingerprint density at radius 2 is 1.95 bits per heavy atom. The fourth-order valence-electron chi connectivity index (χ4n) is 3.41. The summed E-state index contributed by atoms with van der Waals surface area (Å²) in [5.74, 6) is 3.08. The van der Waals surface area contributed by atoms with Gasteiger partial charge in [-0.25, -0.2) is 0 Å². The van der Waals surface area contributed by atoms with E-state index in [9.17, 15) is 0 Å². The average molecular weight is 354 g/mol. The first-order chi connectivity index (χ1) is 10.2. The van der Waals surface area contributed by atoms with Gasteiger partial charge < -0.3 is 14.8 Å². The minimum atomic E-state index is 0.440. The van der Waals surface area contributed by atoms with Crippen molar-refractivity contribution >= 4 is 15.9 Å². The number of rotatable bonds is 3. The summed E-state index contributed by atoms with van der Waals surface area (Å²) in [6.45, 7) is 8.07. The number of nitrogens with one attached hydrogen (secondary N) is 1. The molecule has 2 aliphatic rings. The average Bonchev–Trinajstić information content (AvgIpc) is 2.48. The smallest absolute Gasteiger partial charge is 0.165 e. The molecule has 1 aromatic carbocycles. The quantitative estimate of drug-likeness (QED) is 0.894. The van der Waals surface area contributed by atoms with E-state index >= 15 is 0 Å². The normalized spacial score (nSPS) is 19.0.